The summed E-state index contributed by atoms with van der Waals surface area (Å²) in [6, 6.07) is 6.90. The highest BCUT2D eigenvalue weighted by molar-refractivity contribution is 5.79. The van der Waals surface area contributed by atoms with Crippen LogP contribution in [0.5, 0.6) is 0 Å². The van der Waals surface area contributed by atoms with E-state index in [0.717, 1.165) is 23.4 Å². The molecule has 17 heavy (non-hydrogen) atoms. The molecule has 1 aliphatic heterocycles. The molecule has 0 amide bonds. The normalized spacial score (nSPS) is 21.2. The number of aromatic nitrogens is 2. The van der Waals surface area contributed by atoms with Crippen LogP contribution >= 0.6 is 0 Å². The third kappa shape index (κ3) is 2.13. The monoisotopic (exact) mass is 230 g/mol. The maximum atomic E-state index is 4.41. The first-order chi connectivity index (χ1) is 8.20. The lowest BCUT2D eigenvalue weighted by Gasteiger charge is -2.14. The van der Waals surface area contributed by atoms with Gasteiger partial charge in [-0.1, -0.05) is 0 Å². The number of rotatable bonds is 2. The van der Waals surface area contributed by atoms with Gasteiger partial charge in [-0.2, -0.15) is 0 Å². The molecule has 2 aromatic rings. The van der Waals surface area contributed by atoms with Crippen molar-refractivity contribution in [2.24, 2.45) is 0 Å². The van der Waals surface area contributed by atoms with Crippen molar-refractivity contribution in [1.82, 2.24) is 14.9 Å². The van der Waals surface area contributed by atoms with Crippen molar-refractivity contribution in [3.8, 4) is 0 Å². The van der Waals surface area contributed by atoms with E-state index in [-0.39, 0.29) is 0 Å². The van der Waals surface area contributed by atoms with Crippen LogP contribution in [0, 0.1) is 6.92 Å². The summed E-state index contributed by atoms with van der Waals surface area (Å²) in [5.74, 6) is 0.970. The molecular formula is C13H18N4. The van der Waals surface area contributed by atoms with E-state index in [0.29, 0.717) is 6.04 Å². The Hall–Kier alpha value is -1.55. The van der Waals surface area contributed by atoms with Gasteiger partial charge in [-0.25, -0.2) is 4.98 Å². The summed E-state index contributed by atoms with van der Waals surface area (Å²) in [6.07, 6.45) is 1.22. The molecule has 1 fully saturated rings. The van der Waals surface area contributed by atoms with E-state index < -0.39 is 0 Å². The Morgan fingerprint density at radius 1 is 1.47 bits per heavy atom. The number of hydrogen-bond donors (Lipinski definition) is 2. The molecule has 2 heterocycles. The number of nitrogens with zero attached hydrogens (tertiary/aromatic N) is 2. The molecule has 3 rings (SSSR count). The van der Waals surface area contributed by atoms with Gasteiger partial charge in [0.15, 0.2) is 0 Å². The molecule has 1 saturated heterocycles. The number of likely N-dealkylation sites (N-methyl/N-ethyl adjacent to an activating group) is 1. The van der Waals surface area contributed by atoms with E-state index in [1.807, 2.05) is 6.92 Å². The van der Waals surface area contributed by atoms with E-state index in [4.69, 9.17) is 0 Å². The third-order valence-corrected chi connectivity index (χ3v) is 3.36. The quantitative estimate of drug-likeness (QED) is 0.829. The summed E-state index contributed by atoms with van der Waals surface area (Å²) in [6.45, 7) is 4.29. The first-order valence-corrected chi connectivity index (χ1v) is 6.12. The Bertz CT molecular complexity index is 531. The zero-order valence-electron chi connectivity index (χ0n) is 10.3. The molecule has 0 aliphatic carbocycles. The smallest absolute Gasteiger partial charge is 0.104 e. The molecule has 4 heteroatoms. The third-order valence-electron chi connectivity index (χ3n) is 3.36. The second-order valence-electron chi connectivity index (χ2n) is 4.95. The van der Waals surface area contributed by atoms with Crippen LogP contribution in [0.15, 0.2) is 18.2 Å². The number of benzene rings is 1. The van der Waals surface area contributed by atoms with Crippen LogP contribution in [-0.4, -0.2) is 41.0 Å². The molecular weight excluding hydrogens is 212 g/mol. The molecule has 1 unspecified atom stereocenters. The van der Waals surface area contributed by atoms with Crippen LogP contribution < -0.4 is 5.32 Å². The van der Waals surface area contributed by atoms with E-state index in [9.17, 15) is 0 Å². The van der Waals surface area contributed by atoms with Crippen LogP contribution in [0.3, 0.4) is 0 Å². The van der Waals surface area contributed by atoms with Gasteiger partial charge in [0.2, 0.25) is 0 Å². The second-order valence-corrected chi connectivity index (χ2v) is 4.95. The average Bonchev–Trinajstić information content (AvgIpc) is 2.83. The van der Waals surface area contributed by atoms with Gasteiger partial charge in [0.1, 0.15) is 5.82 Å². The summed E-state index contributed by atoms with van der Waals surface area (Å²) in [4.78, 5) is 10.0. The van der Waals surface area contributed by atoms with Crippen LogP contribution in [-0.2, 0) is 0 Å². The lowest BCUT2D eigenvalue weighted by Crippen LogP contribution is -2.23. The molecule has 90 valence electrons. The summed E-state index contributed by atoms with van der Waals surface area (Å²) in [7, 11) is 2.17. The van der Waals surface area contributed by atoms with Crippen molar-refractivity contribution in [1.29, 1.82) is 0 Å². The Labute approximate surface area is 101 Å². The Morgan fingerprint density at radius 3 is 3.12 bits per heavy atom. The predicted molar refractivity (Wildman–Crippen MR) is 70.4 cm³/mol. The summed E-state index contributed by atoms with van der Waals surface area (Å²) >= 11 is 0. The fraction of sp³-hybridized carbons (Fsp3) is 0.462. The SMILES string of the molecule is Cc1nc2ccc(NC3CCN(C)C3)cc2[nH]1. The number of fused-ring (bicyclic) bond motifs is 1. The number of aryl methyl sites for hydroxylation is 1. The van der Waals surface area contributed by atoms with Gasteiger partial charge >= 0.3 is 0 Å². The number of nitrogens with one attached hydrogen (secondary N) is 2. The zero-order chi connectivity index (χ0) is 11.8. The lowest BCUT2D eigenvalue weighted by molar-refractivity contribution is 0.414. The first kappa shape index (κ1) is 10.6. The van der Waals surface area contributed by atoms with Crippen LogP contribution in [0.2, 0.25) is 0 Å². The highest BCUT2D eigenvalue weighted by atomic mass is 15.2. The van der Waals surface area contributed by atoms with Crippen molar-refractivity contribution < 1.29 is 0 Å². The minimum Gasteiger partial charge on any atom is -0.381 e. The average molecular weight is 230 g/mol. The van der Waals surface area contributed by atoms with E-state index in [2.05, 4.69) is 45.4 Å². The number of aromatic amines is 1. The van der Waals surface area contributed by atoms with Gasteiger partial charge in [0, 0.05) is 18.3 Å². The van der Waals surface area contributed by atoms with Crippen molar-refractivity contribution >= 4 is 16.7 Å². The topological polar surface area (TPSA) is 44.0 Å². The van der Waals surface area contributed by atoms with E-state index in [1.165, 1.54) is 18.7 Å². The minimum absolute atomic E-state index is 0.571. The Morgan fingerprint density at radius 2 is 2.35 bits per heavy atom. The van der Waals surface area contributed by atoms with Gasteiger partial charge in [-0.3, -0.25) is 0 Å². The van der Waals surface area contributed by atoms with Crippen LogP contribution in [0.1, 0.15) is 12.2 Å². The Kier molecular flexibility index (Phi) is 2.52. The van der Waals surface area contributed by atoms with Crippen LogP contribution in [0.4, 0.5) is 5.69 Å². The van der Waals surface area contributed by atoms with Gasteiger partial charge in [-0.15, -0.1) is 0 Å². The van der Waals surface area contributed by atoms with Gasteiger partial charge in [0.25, 0.3) is 0 Å². The van der Waals surface area contributed by atoms with Crippen molar-refractivity contribution in [3.63, 3.8) is 0 Å². The second kappa shape index (κ2) is 4.04. The largest absolute Gasteiger partial charge is 0.381 e. The van der Waals surface area contributed by atoms with Gasteiger partial charge in [0.05, 0.1) is 11.0 Å². The lowest BCUT2D eigenvalue weighted by atomic mass is 10.2. The zero-order valence-corrected chi connectivity index (χ0v) is 10.3. The highest BCUT2D eigenvalue weighted by Gasteiger charge is 2.18. The summed E-state index contributed by atoms with van der Waals surface area (Å²) < 4.78 is 0. The fourth-order valence-corrected chi connectivity index (χ4v) is 2.52. The van der Waals surface area contributed by atoms with E-state index >= 15 is 0 Å². The molecule has 4 nitrogen and oxygen atoms in total. The van der Waals surface area contributed by atoms with Crippen LogP contribution in [0.25, 0.3) is 11.0 Å². The maximum absolute atomic E-state index is 4.41. The van der Waals surface area contributed by atoms with Crippen molar-refractivity contribution in [2.75, 3.05) is 25.5 Å². The van der Waals surface area contributed by atoms with Crippen molar-refractivity contribution in [3.05, 3.63) is 24.0 Å². The van der Waals surface area contributed by atoms with Crippen molar-refractivity contribution in [2.45, 2.75) is 19.4 Å². The van der Waals surface area contributed by atoms with Gasteiger partial charge < -0.3 is 15.2 Å². The van der Waals surface area contributed by atoms with E-state index in [1.54, 1.807) is 0 Å². The number of hydrogen-bond acceptors (Lipinski definition) is 3. The molecule has 0 bridgehead atoms. The van der Waals surface area contributed by atoms with Gasteiger partial charge in [-0.05, 0) is 45.1 Å². The molecule has 1 atom stereocenters. The number of anilines is 1. The highest BCUT2D eigenvalue weighted by Crippen LogP contribution is 2.19. The standard InChI is InChI=1S/C13H18N4/c1-9-14-12-4-3-10(7-13(12)15-9)16-11-5-6-17(2)8-11/h3-4,7,11,16H,5-6,8H2,1-2H3,(H,14,15). The molecule has 1 aromatic heterocycles. The minimum atomic E-state index is 0.571. The summed E-state index contributed by atoms with van der Waals surface area (Å²) in [5, 5.41) is 3.58. The molecule has 0 saturated carbocycles. The molecule has 1 aromatic carbocycles. The number of likely N-dealkylation sites (tertiary alicyclic amines) is 1. The number of H-pyrrole nitrogens is 1. The molecule has 0 spiro atoms. The molecule has 0 radical (unpaired) electrons. The maximum Gasteiger partial charge on any atom is 0.104 e. The predicted octanol–water partition coefficient (Wildman–Crippen LogP) is 1.99. The molecule has 2 N–H and O–H groups in total. The fourth-order valence-electron chi connectivity index (χ4n) is 2.52. The summed E-state index contributed by atoms with van der Waals surface area (Å²) in [5.41, 5.74) is 3.33. The Balaban J connectivity index is 1.80. The first-order valence-electron chi connectivity index (χ1n) is 6.12. The molecule has 1 aliphatic rings. The number of imidazole rings is 1.